The van der Waals surface area contributed by atoms with Crippen molar-refractivity contribution in [2.45, 2.75) is 19.8 Å². The molecule has 0 aliphatic rings. The van der Waals surface area contributed by atoms with Crippen molar-refractivity contribution >= 4 is 12.6 Å². The van der Waals surface area contributed by atoms with Crippen LogP contribution in [0.4, 0.5) is 0 Å². The third-order valence-electron chi connectivity index (χ3n) is 1.96. The van der Waals surface area contributed by atoms with Gasteiger partial charge in [0.2, 0.25) is 0 Å². The van der Waals surface area contributed by atoms with Crippen LogP contribution < -0.4 is 9.47 Å². The maximum atomic E-state index is 5.55. The maximum Gasteiger partial charge on any atom is 0.119 e. The number of benzene rings is 1. The molecule has 0 fully saturated rings. The van der Waals surface area contributed by atoms with Gasteiger partial charge in [-0.3, -0.25) is 0 Å². The largest absolute Gasteiger partial charge is 0.494 e. The minimum atomic E-state index is 0.697. The zero-order valence-corrected chi connectivity index (χ0v) is 10.0. The molecule has 0 bridgehead atoms. The summed E-state index contributed by atoms with van der Waals surface area (Å²) in [6.45, 7) is 3.43. The van der Waals surface area contributed by atoms with Gasteiger partial charge in [-0.15, -0.1) is 0 Å². The van der Waals surface area contributed by atoms with Crippen molar-refractivity contribution in [2.75, 3.05) is 19.0 Å². The lowest BCUT2D eigenvalue weighted by Crippen LogP contribution is -1.97. The monoisotopic (exact) mass is 226 g/mol. The van der Waals surface area contributed by atoms with Crippen molar-refractivity contribution in [1.82, 2.24) is 0 Å². The quantitative estimate of drug-likeness (QED) is 0.568. The highest BCUT2D eigenvalue weighted by Crippen LogP contribution is 2.17. The van der Waals surface area contributed by atoms with Crippen molar-refractivity contribution in [2.24, 2.45) is 0 Å². The number of hydrogen-bond acceptors (Lipinski definition) is 3. The van der Waals surface area contributed by atoms with E-state index in [1.54, 1.807) is 0 Å². The van der Waals surface area contributed by atoms with Crippen LogP contribution >= 0.6 is 12.6 Å². The second-order valence-electron chi connectivity index (χ2n) is 3.18. The Hall–Kier alpha value is -0.830. The van der Waals surface area contributed by atoms with Crippen LogP contribution in [-0.4, -0.2) is 19.0 Å². The van der Waals surface area contributed by atoms with Crippen LogP contribution in [0.15, 0.2) is 24.3 Å². The molecule has 0 saturated heterocycles. The average molecular weight is 226 g/mol. The van der Waals surface area contributed by atoms with E-state index < -0.39 is 0 Å². The molecule has 0 atom stereocenters. The first-order valence-corrected chi connectivity index (χ1v) is 5.96. The first-order chi connectivity index (χ1) is 7.36. The van der Waals surface area contributed by atoms with Crippen LogP contribution in [0.3, 0.4) is 0 Å². The first kappa shape index (κ1) is 12.2. The van der Waals surface area contributed by atoms with E-state index in [1.165, 1.54) is 0 Å². The second kappa shape index (κ2) is 7.46. The summed E-state index contributed by atoms with van der Waals surface area (Å²) >= 11 is 4.15. The smallest absolute Gasteiger partial charge is 0.119 e. The zero-order chi connectivity index (χ0) is 10.9. The Morgan fingerprint density at radius 2 is 1.60 bits per heavy atom. The van der Waals surface area contributed by atoms with E-state index >= 15 is 0 Å². The van der Waals surface area contributed by atoms with Gasteiger partial charge in [-0.2, -0.15) is 12.6 Å². The van der Waals surface area contributed by atoms with Crippen molar-refractivity contribution < 1.29 is 9.47 Å². The Morgan fingerprint density at radius 1 is 1.00 bits per heavy atom. The van der Waals surface area contributed by atoms with E-state index in [0.29, 0.717) is 6.61 Å². The predicted molar refractivity (Wildman–Crippen MR) is 66.2 cm³/mol. The molecule has 0 aliphatic carbocycles. The topological polar surface area (TPSA) is 18.5 Å². The third-order valence-corrected chi connectivity index (χ3v) is 2.27. The Labute approximate surface area is 97.0 Å². The van der Waals surface area contributed by atoms with Gasteiger partial charge in [-0.05, 0) is 49.8 Å². The molecule has 0 amide bonds. The molecule has 0 unspecified atom stereocenters. The highest BCUT2D eigenvalue weighted by atomic mass is 32.1. The molecular formula is C12H18O2S. The van der Waals surface area contributed by atoms with E-state index in [2.05, 4.69) is 12.6 Å². The van der Waals surface area contributed by atoms with Crippen LogP contribution in [0.5, 0.6) is 11.5 Å². The summed E-state index contributed by atoms with van der Waals surface area (Å²) < 4.78 is 10.9. The van der Waals surface area contributed by atoms with Gasteiger partial charge in [0.1, 0.15) is 11.5 Å². The minimum Gasteiger partial charge on any atom is -0.494 e. The normalized spacial score (nSPS) is 10.0. The van der Waals surface area contributed by atoms with Crippen LogP contribution in [0.1, 0.15) is 19.8 Å². The van der Waals surface area contributed by atoms with Crippen molar-refractivity contribution in [3.8, 4) is 11.5 Å². The van der Waals surface area contributed by atoms with E-state index in [0.717, 1.165) is 36.7 Å². The molecule has 0 saturated carbocycles. The number of unbranched alkanes of at least 4 members (excludes halogenated alkanes) is 1. The maximum absolute atomic E-state index is 5.55. The number of ether oxygens (including phenoxy) is 2. The third kappa shape index (κ3) is 4.98. The molecule has 0 aromatic heterocycles. The molecule has 1 rings (SSSR count). The summed E-state index contributed by atoms with van der Waals surface area (Å²) in [5, 5.41) is 0. The Bertz CT molecular complexity index is 259. The average Bonchev–Trinajstić information content (AvgIpc) is 2.27. The van der Waals surface area contributed by atoms with Gasteiger partial charge in [-0.25, -0.2) is 0 Å². The molecule has 0 heterocycles. The lowest BCUT2D eigenvalue weighted by atomic mass is 10.3. The molecule has 3 heteroatoms. The summed E-state index contributed by atoms with van der Waals surface area (Å²) in [7, 11) is 0. The summed E-state index contributed by atoms with van der Waals surface area (Å²) in [5.74, 6) is 2.71. The lowest BCUT2D eigenvalue weighted by molar-refractivity contribution is 0.307. The van der Waals surface area contributed by atoms with Crippen molar-refractivity contribution in [3.63, 3.8) is 0 Å². The first-order valence-electron chi connectivity index (χ1n) is 5.33. The Balaban J connectivity index is 2.29. The lowest BCUT2D eigenvalue weighted by Gasteiger charge is -2.07. The van der Waals surface area contributed by atoms with Gasteiger partial charge in [0.25, 0.3) is 0 Å². The number of rotatable bonds is 7. The molecule has 1 aromatic rings. The van der Waals surface area contributed by atoms with Crippen LogP contribution in [-0.2, 0) is 0 Å². The van der Waals surface area contributed by atoms with Gasteiger partial charge >= 0.3 is 0 Å². The standard InChI is InChI=1S/C12H18O2S/c1-2-13-11-5-7-12(8-6-11)14-9-3-4-10-15/h5-8,15H,2-4,9-10H2,1H3. The van der Waals surface area contributed by atoms with Crippen molar-refractivity contribution in [1.29, 1.82) is 0 Å². The van der Waals surface area contributed by atoms with Gasteiger partial charge < -0.3 is 9.47 Å². The van der Waals surface area contributed by atoms with E-state index in [-0.39, 0.29) is 0 Å². The highest BCUT2D eigenvalue weighted by molar-refractivity contribution is 7.80. The van der Waals surface area contributed by atoms with Gasteiger partial charge in [0, 0.05) is 0 Å². The zero-order valence-electron chi connectivity index (χ0n) is 9.11. The van der Waals surface area contributed by atoms with Gasteiger partial charge in [0.15, 0.2) is 0 Å². The van der Waals surface area contributed by atoms with Gasteiger partial charge in [0.05, 0.1) is 13.2 Å². The Morgan fingerprint density at radius 3 is 2.13 bits per heavy atom. The number of hydrogen-bond donors (Lipinski definition) is 1. The summed E-state index contributed by atoms with van der Waals surface area (Å²) in [4.78, 5) is 0. The predicted octanol–water partition coefficient (Wildman–Crippen LogP) is 3.17. The molecule has 1 aromatic carbocycles. The summed E-state index contributed by atoms with van der Waals surface area (Å²) in [6, 6.07) is 7.73. The molecular weight excluding hydrogens is 208 g/mol. The summed E-state index contributed by atoms with van der Waals surface area (Å²) in [5.41, 5.74) is 0. The van der Waals surface area contributed by atoms with Crippen molar-refractivity contribution in [3.05, 3.63) is 24.3 Å². The van der Waals surface area contributed by atoms with E-state index in [9.17, 15) is 0 Å². The highest BCUT2D eigenvalue weighted by Gasteiger charge is 1.95. The molecule has 0 N–H and O–H groups in total. The van der Waals surface area contributed by atoms with E-state index in [4.69, 9.17) is 9.47 Å². The molecule has 0 spiro atoms. The molecule has 2 nitrogen and oxygen atoms in total. The second-order valence-corrected chi connectivity index (χ2v) is 3.63. The minimum absolute atomic E-state index is 0.697. The Kier molecular flexibility index (Phi) is 6.09. The van der Waals surface area contributed by atoms with Crippen LogP contribution in [0.2, 0.25) is 0 Å². The molecule has 84 valence electrons. The molecule has 0 aliphatic heterocycles. The van der Waals surface area contributed by atoms with E-state index in [1.807, 2.05) is 31.2 Å². The van der Waals surface area contributed by atoms with Crippen LogP contribution in [0.25, 0.3) is 0 Å². The van der Waals surface area contributed by atoms with Gasteiger partial charge in [-0.1, -0.05) is 0 Å². The number of thiol groups is 1. The fourth-order valence-electron chi connectivity index (χ4n) is 1.20. The SMILES string of the molecule is CCOc1ccc(OCCCCS)cc1. The summed E-state index contributed by atoms with van der Waals surface area (Å²) in [6.07, 6.45) is 2.15. The fourth-order valence-corrected chi connectivity index (χ4v) is 1.43. The van der Waals surface area contributed by atoms with Crippen LogP contribution in [0, 0.1) is 0 Å². The molecule has 15 heavy (non-hydrogen) atoms. The molecule has 0 radical (unpaired) electrons. The fraction of sp³-hybridized carbons (Fsp3) is 0.500.